The number of carbonyl (C=O) groups is 2. The molecule has 346 valence electrons. The minimum absolute atomic E-state index is 0.0256. The number of likely N-dealkylation sites (N-methyl/N-ethyl adjacent to an activating group) is 1. The Bertz CT molecular complexity index is 2550. The van der Waals surface area contributed by atoms with Crippen molar-refractivity contribution in [2.75, 3.05) is 46.6 Å². The van der Waals surface area contributed by atoms with Crippen molar-refractivity contribution in [1.82, 2.24) is 9.80 Å². The lowest BCUT2D eigenvalue weighted by Crippen LogP contribution is -2.71. The van der Waals surface area contributed by atoms with E-state index in [-0.39, 0.29) is 35.2 Å². The minimum Gasteiger partial charge on any atom is -0.483 e. The quantitative estimate of drug-likeness (QED) is 0.180. The molecule has 6 fully saturated rings. The molecule has 4 aliphatic carbocycles. The van der Waals surface area contributed by atoms with Gasteiger partial charge in [-0.15, -0.1) is 0 Å². The van der Waals surface area contributed by atoms with E-state index in [4.69, 9.17) is 44.8 Å². The van der Waals surface area contributed by atoms with Crippen LogP contribution in [-0.2, 0) is 42.6 Å². The Balaban J connectivity index is 0.000000118. The Morgan fingerprint density at radius 3 is 1.59 bits per heavy atom. The second kappa shape index (κ2) is 16.0. The maximum absolute atomic E-state index is 13.3. The summed E-state index contributed by atoms with van der Waals surface area (Å²) in [7, 11) is 2.30. The molecule has 10 aliphatic rings. The minimum atomic E-state index is -0.814. The van der Waals surface area contributed by atoms with Crippen molar-refractivity contribution >= 4 is 23.1 Å². The summed E-state index contributed by atoms with van der Waals surface area (Å²) in [5.74, 6) is 2.99. The number of benzene rings is 4. The highest BCUT2D eigenvalue weighted by molar-refractivity contribution is 6.61. The zero-order chi connectivity index (χ0) is 45.0. The van der Waals surface area contributed by atoms with Crippen LogP contribution in [0.15, 0.2) is 84.9 Å². The van der Waals surface area contributed by atoms with Crippen LogP contribution < -0.4 is 18.9 Å². The number of aryl methyl sites for hydroxylation is 2. The van der Waals surface area contributed by atoms with Crippen LogP contribution in [-0.4, -0.2) is 104 Å². The largest absolute Gasteiger partial charge is 0.483 e. The Kier molecular flexibility index (Phi) is 10.3. The average molecular weight is 917 g/mol. The molecule has 0 radical (unpaired) electrons. The number of nitrogens with zero attached hydrogens (tertiary/aromatic N) is 2. The number of rotatable bonds is 2. The topological polar surface area (TPSA) is 114 Å². The fourth-order valence-electron chi connectivity index (χ4n) is 14.5. The number of piperidine rings is 2. The fraction of sp³-hybridized carbons (Fsp3) is 0.509. The van der Waals surface area contributed by atoms with Gasteiger partial charge in [0, 0.05) is 65.0 Å². The number of halogens is 1. The monoisotopic (exact) mass is 916 g/mol. The summed E-state index contributed by atoms with van der Waals surface area (Å²) in [5, 5.41) is 0. The summed E-state index contributed by atoms with van der Waals surface area (Å²) in [4.78, 5) is 28.0. The molecule has 4 aromatic rings. The Labute approximate surface area is 390 Å². The van der Waals surface area contributed by atoms with E-state index in [0.29, 0.717) is 62.3 Å². The molecule has 4 bridgehead atoms. The first-order valence-corrected chi connectivity index (χ1v) is 24.3. The van der Waals surface area contributed by atoms with Crippen molar-refractivity contribution in [3.05, 3.63) is 118 Å². The number of amides is 1. The van der Waals surface area contributed by atoms with Gasteiger partial charge in [-0.1, -0.05) is 60.7 Å². The van der Waals surface area contributed by atoms with Crippen LogP contribution in [0.2, 0.25) is 0 Å². The van der Waals surface area contributed by atoms with Crippen LogP contribution in [0.1, 0.15) is 71.9 Å². The van der Waals surface area contributed by atoms with Crippen LogP contribution in [0.25, 0.3) is 0 Å². The highest BCUT2D eigenvalue weighted by Crippen LogP contribution is 2.67. The highest BCUT2D eigenvalue weighted by Gasteiger charge is 2.73. The molecule has 12 nitrogen and oxygen atoms in total. The van der Waals surface area contributed by atoms with E-state index in [1.165, 1.54) is 39.8 Å². The first-order valence-electron chi connectivity index (χ1n) is 23.9. The number of likely N-dealkylation sites (tertiary alicyclic amines) is 2. The molecule has 13 heteroatoms. The first kappa shape index (κ1) is 42.6. The molecule has 4 aromatic carbocycles. The van der Waals surface area contributed by atoms with Crippen LogP contribution >= 0.6 is 11.6 Å². The van der Waals surface area contributed by atoms with E-state index in [2.05, 4.69) is 54.8 Å². The van der Waals surface area contributed by atoms with E-state index in [0.717, 1.165) is 63.0 Å². The predicted octanol–water partition coefficient (Wildman–Crippen LogP) is 8.81. The van der Waals surface area contributed by atoms with Gasteiger partial charge in [-0.05, 0) is 124 Å². The lowest BCUT2D eigenvalue weighted by molar-refractivity contribution is -0.260. The van der Waals surface area contributed by atoms with Gasteiger partial charge in [0.1, 0.15) is 23.0 Å². The Hall–Kier alpha value is -4.69. The van der Waals surface area contributed by atoms with Crippen LogP contribution in [0, 0.1) is 25.7 Å². The third-order valence-electron chi connectivity index (χ3n) is 17.0. The molecule has 6 aliphatic heterocycles. The maximum Gasteiger partial charge on any atom is 0.415 e. The van der Waals surface area contributed by atoms with Gasteiger partial charge in [-0.3, -0.25) is 0 Å². The summed E-state index contributed by atoms with van der Waals surface area (Å²) in [6.45, 7) is 8.73. The molecule has 14 rings (SSSR count). The molecule has 6 heterocycles. The van der Waals surface area contributed by atoms with E-state index in [1.807, 2.05) is 41.3 Å². The van der Waals surface area contributed by atoms with Crippen molar-refractivity contribution in [1.29, 1.82) is 0 Å². The number of fused-ring (bicyclic) bond motifs is 2. The molecular weight excluding hydrogens is 860 g/mol. The standard InChI is InChI=1S/C26H27NO5.C20H25NO3.C7H5ClO2/c1-16-7-8-17-15-20-19-9-10-26(29-13-14-30-26)23-25(19,21(17)22(16)32-23)11-12-27(20)24(28)31-18-5-3-2-4-6-18;1-12-3-4-13-11-15-14-5-6-20(22-9-10-23-20)18-19(14,7-8-21(15)2)16(13)17(12)24-18;8-7(9)10-6-4-2-1-3-5-6/h2-8,19-20,23H,9-15H2,1H3;3-4,14-15,18H,5-11H2,1-2H3;1-5H/t19-,20?,23+,25-;14-,15?,18+,19-;/m11./s1. The first-order chi connectivity index (χ1) is 32.1. The molecule has 0 N–H and O–H groups in total. The molecule has 2 unspecified atom stereocenters. The molecule has 4 spiro atoms. The van der Waals surface area contributed by atoms with Gasteiger partial charge in [0.2, 0.25) is 11.6 Å². The van der Waals surface area contributed by atoms with Gasteiger partial charge >= 0.3 is 11.5 Å². The van der Waals surface area contributed by atoms with Crippen LogP contribution in [0.3, 0.4) is 0 Å². The second-order valence-electron chi connectivity index (χ2n) is 19.9. The molecule has 66 heavy (non-hydrogen) atoms. The predicted molar refractivity (Wildman–Crippen MR) is 244 cm³/mol. The fourth-order valence-corrected chi connectivity index (χ4v) is 14.6. The number of hydrogen-bond acceptors (Lipinski definition) is 11. The lowest BCUT2D eigenvalue weighted by atomic mass is 9.50. The van der Waals surface area contributed by atoms with E-state index >= 15 is 0 Å². The smallest absolute Gasteiger partial charge is 0.415 e. The lowest BCUT2D eigenvalue weighted by Gasteiger charge is -2.60. The number of para-hydroxylation sites is 2. The van der Waals surface area contributed by atoms with Crippen molar-refractivity contribution < 1.29 is 47.5 Å². The normalized spacial score (nSPS) is 32.4. The van der Waals surface area contributed by atoms with E-state index in [1.54, 1.807) is 24.3 Å². The summed E-state index contributed by atoms with van der Waals surface area (Å²) < 4.78 is 48.8. The van der Waals surface area contributed by atoms with Gasteiger partial charge in [0.25, 0.3) is 0 Å². The van der Waals surface area contributed by atoms with Crippen molar-refractivity contribution in [3.63, 3.8) is 0 Å². The average Bonchev–Trinajstić information content (AvgIpc) is 4.13. The van der Waals surface area contributed by atoms with Gasteiger partial charge in [0.05, 0.1) is 26.4 Å². The molecular formula is C53H57ClN2O10. The Morgan fingerprint density at radius 2 is 1.08 bits per heavy atom. The molecule has 2 saturated carbocycles. The molecule has 8 atom stereocenters. The summed E-state index contributed by atoms with van der Waals surface area (Å²) in [6, 6.07) is 27.7. The van der Waals surface area contributed by atoms with Gasteiger partial charge < -0.3 is 47.7 Å². The van der Waals surface area contributed by atoms with Crippen molar-refractivity contribution in [2.24, 2.45) is 11.8 Å². The number of ether oxygens (including phenoxy) is 8. The zero-order valence-electron chi connectivity index (χ0n) is 37.8. The number of hydrogen-bond donors (Lipinski definition) is 0. The maximum atomic E-state index is 13.3. The second-order valence-corrected chi connectivity index (χ2v) is 20.2. The van der Waals surface area contributed by atoms with Gasteiger partial charge in [-0.2, -0.15) is 0 Å². The van der Waals surface area contributed by atoms with Gasteiger partial charge in [0.15, 0.2) is 12.2 Å². The van der Waals surface area contributed by atoms with Crippen molar-refractivity contribution in [3.8, 4) is 23.0 Å². The molecule has 1 amide bonds. The summed E-state index contributed by atoms with van der Waals surface area (Å²) in [6.07, 6.45) is 7.50. The molecule has 4 saturated heterocycles. The molecule has 0 aromatic heterocycles. The Morgan fingerprint density at radius 1 is 0.606 bits per heavy atom. The van der Waals surface area contributed by atoms with Crippen LogP contribution in [0.5, 0.6) is 23.0 Å². The zero-order valence-corrected chi connectivity index (χ0v) is 38.6. The summed E-state index contributed by atoms with van der Waals surface area (Å²) in [5.41, 5.74) is 7.21. The third kappa shape index (κ3) is 6.27. The number of carbonyl (C=O) groups excluding carboxylic acids is 2. The van der Waals surface area contributed by atoms with Gasteiger partial charge in [-0.25, -0.2) is 9.59 Å². The van der Waals surface area contributed by atoms with Crippen LogP contribution in [0.4, 0.5) is 9.59 Å². The summed E-state index contributed by atoms with van der Waals surface area (Å²) >= 11 is 4.95. The van der Waals surface area contributed by atoms with Crippen molar-refractivity contribution in [2.45, 2.75) is 112 Å². The SMILES string of the molecule is Cc1ccc2c3c1O[C@@H]1C4(CC[C@@H]5C(C2)N(C(=O)Oc2ccccc2)CC[C@]351)OCCO4.Cc1ccc2c3c1O[C@@H]1C4(CC[C@@H]5C(C2)N(C)CC[C@]351)OCCO4.O=C(Cl)Oc1ccccc1. The highest BCUT2D eigenvalue weighted by atomic mass is 35.5. The van der Waals surface area contributed by atoms with E-state index in [9.17, 15) is 9.59 Å². The van der Waals surface area contributed by atoms with E-state index < -0.39 is 17.0 Å². The third-order valence-corrected chi connectivity index (χ3v) is 17.1.